The van der Waals surface area contributed by atoms with Crippen molar-refractivity contribution >= 4 is 23.1 Å². The molecule has 2 aromatic carbocycles. The van der Waals surface area contributed by atoms with E-state index in [1.165, 1.54) is 11.1 Å². The van der Waals surface area contributed by atoms with Gasteiger partial charge in [0.2, 0.25) is 0 Å². The zero-order valence-corrected chi connectivity index (χ0v) is 20.8. The van der Waals surface area contributed by atoms with Crippen molar-refractivity contribution in [1.82, 2.24) is 19.7 Å². The molecule has 0 aliphatic carbocycles. The largest absolute Gasteiger partial charge is 0.482 e. The minimum absolute atomic E-state index is 0.189. The van der Waals surface area contributed by atoms with Crippen LogP contribution in [0.2, 0.25) is 0 Å². The summed E-state index contributed by atoms with van der Waals surface area (Å²) in [6, 6.07) is 14.7. The van der Waals surface area contributed by atoms with Crippen molar-refractivity contribution < 1.29 is 4.74 Å². The van der Waals surface area contributed by atoms with Crippen LogP contribution in [0.5, 0.6) is 5.75 Å². The van der Waals surface area contributed by atoms with Gasteiger partial charge in [-0.1, -0.05) is 59.3 Å². The lowest BCUT2D eigenvalue weighted by molar-refractivity contribution is 0.208. The van der Waals surface area contributed by atoms with E-state index in [2.05, 4.69) is 84.2 Å². The van der Waals surface area contributed by atoms with Crippen molar-refractivity contribution in [1.29, 1.82) is 0 Å². The van der Waals surface area contributed by atoms with Crippen LogP contribution in [-0.4, -0.2) is 19.7 Å². The van der Waals surface area contributed by atoms with Crippen LogP contribution in [0.25, 0.3) is 10.6 Å². The quantitative estimate of drug-likeness (QED) is 0.269. The summed E-state index contributed by atoms with van der Waals surface area (Å²) in [6.45, 7) is 11.2. The molecule has 4 rings (SSSR count). The SMILES string of the molecule is CCn1c(SCc2csc(-c3ccc(C)cc3)n2)nnc1C(C)Oc1ccc(C)cc1C. The topological polar surface area (TPSA) is 52.8 Å². The van der Waals surface area contributed by atoms with Gasteiger partial charge in [-0.3, -0.25) is 0 Å². The highest BCUT2D eigenvalue weighted by Gasteiger charge is 2.20. The van der Waals surface area contributed by atoms with Gasteiger partial charge < -0.3 is 9.30 Å². The molecule has 1 unspecified atom stereocenters. The minimum Gasteiger partial charge on any atom is -0.482 e. The number of ether oxygens (including phenoxy) is 1. The van der Waals surface area contributed by atoms with Gasteiger partial charge in [-0.25, -0.2) is 4.98 Å². The second-order valence-electron chi connectivity index (χ2n) is 7.91. The van der Waals surface area contributed by atoms with Gasteiger partial charge in [-0.2, -0.15) is 0 Å². The summed E-state index contributed by atoms with van der Waals surface area (Å²) in [7, 11) is 0. The van der Waals surface area contributed by atoms with E-state index in [1.807, 2.05) is 13.0 Å². The van der Waals surface area contributed by atoms with Gasteiger partial charge in [0.25, 0.3) is 0 Å². The molecule has 0 fully saturated rings. The number of thioether (sulfide) groups is 1. The van der Waals surface area contributed by atoms with Gasteiger partial charge >= 0.3 is 0 Å². The summed E-state index contributed by atoms with van der Waals surface area (Å²) in [6.07, 6.45) is -0.189. The van der Waals surface area contributed by atoms with Crippen LogP contribution in [0.4, 0.5) is 0 Å². The summed E-state index contributed by atoms with van der Waals surface area (Å²) in [5.41, 5.74) is 5.83. The van der Waals surface area contributed by atoms with Crippen molar-refractivity contribution in [3.63, 3.8) is 0 Å². The molecular formula is C25H28N4OS2. The molecule has 2 aromatic heterocycles. The molecule has 1 atom stereocenters. The second kappa shape index (κ2) is 9.88. The maximum Gasteiger partial charge on any atom is 0.191 e. The number of aryl methyl sites for hydroxylation is 3. The van der Waals surface area contributed by atoms with Crippen LogP contribution in [0, 0.1) is 20.8 Å². The van der Waals surface area contributed by atoms with Crippen LogP contribution >= 0.6 is 23.1 Å². The Hall–Kier alpha value is -2.64. The van der Waals surface area contributed by atoms with Gasteiger partial charge in [0.05, 0.1) is 5.69 Å². The first-order valence-corrected chi connectivity index (χ1v) is 12.6. The summed E-state index contributed by atoms with van der Waals surface area (Å²) >= 11 is 3.34. The molecular weight excluding hydrogens is 436 g/mol. The van der Waals surface area contributed by atoms with E-state index in [-0.39, 0.29) is 6.10 Å². The molecule has 4 aromatic rings. The van der Waals surface area contributed by atoms with Gasteiger partial charge in [-0.15, -0.1) is 21.5 Å². The highest BCUT2D eigenvalue weighted by molar-refractivity contribution is 7.98. The molecule has 7 heteroatoms. The molecule has 2 heterocycles. The molecule has 0 spiro atoms. The number of rotatable bonds is 8. The number of hydrogen-bond acceptors (Lipinski definition) is 6. The van der Waals surface area contributed by atoms with Crippen molar-refractivity contribution in [2.75, 3.05) is 0 Å². The Morgan fingerprint density at radius 3 is 2.50 bits per heavy atom. The Bertz CT molecular complexity index is 1200. The van der Waals surface area contributed by atoms with Gasteiger partial charge in [-0.05, 0) is 46.2 Å². The lowest BCUT2D eigenvalue weighted by atomic mass is 10.1. The average molecular weight is 465 g/mol. The molecule has 32 heavy (non-hydrogen) atoms. The summed E-state index contributed by atoms with van der Waals surface area (Å²) < 4.78 is 8.35. The lowest BCUT2D eigenvalue weighted by Gasteiger charge is -2.17. The zero-order chi connectivity index (χ0) is 22.7. The molecule has 0 saturated carbocycles. The maximum atomic E-state index is 6.22. The summed E-state index contributed by atoms with van der Waals surface area (Å²) in [5.74, 6) is 2.48. The monoisotopic (exact) mass is 464 g/mol. The van der Waals surface area contributed by atoms with E-state index in [9.17, 15) is 0 Å². The zero-order valence-electron chi connectivity index (χ0n) is 19.1. The standard InChI is InChI=1S/C25H28N4OS2/c1-6-29-23(19(5)30-22-12-9-17(3)13-18(22)4)27-28-25(29)32-15-21-14-31-24(26-21)20-10-7-16(2)8-11-20/h7-14,19H,6,15H2,1-5H3. The number of benzene rings is 2. The minimum atomic E-state index is -0.189. The Morgan fingerprint density at radius 2 is 1.78 bits per heavy atom. The molecule has 5 nitrogen and oxygen atoms in total. The molecule has 0 saturated heterocycles. The highest BCUT2D eigenvalue weighted by Crippen LogP contribution is 2.30. The number of aromatic nitrogens is 4. The van der Waals surface area contributed by atoms with Crippen molar-refractivity contribution in [2.24, 2.45) is 0 Å². The molecule has 0 bridgehead atoms. The van der Waals surface area contributed by atoms with Crippen molar-refractivity contribution in [2.45, 2.75) is 58.2 Å². The normalized spacial score (nSPS) is 12.2. The van der Waals surface area contributed by atoms with E-state index in [0.717, 1.165) is 50.9 Å². The number of thiazole rings is 1. The number of hydrogen-bond donors (Lipinski definition) is 0. The van der Waals surface area contributed by atoms with E-state index in [4.69, 9.17) is 9.72 Å². The smallest absolute Gasteiger partial charge is 0.191 e. The summed E-state index contributed by atoms with van der Waals surface area (Å²) in [4.78, 5) is 4.81. The van der Waals surface area contributed by atoms with E-state index in [0.29, 0.717) is 0 Å². The van der Waals surface area contributed by atoms with Crippen molar-refractivity contribution in [3.8, 4) is 16.3 Å². The third kappa shape index (κ3) is 5.05. The third-order valence-corrected chi connectivity index (χ3v) is 7.20. The van der Waals surface area contributed by atoms with E-state index >= 15 is 0 Å². The molecule has 0 amide bonds. The van der Waals surface area contributed by atoms with E-state index in [1.54, 1.807) is 23.1 Å². The first-order valence-electron chi connectivity index (χ1n) is 10.8. The Labute approximate surface area is 197 Å². The first kappa shape index (κ1) is 22.6. The predicted octanol–water partition coefficient (Wildman–Crippen LogP) is 6.78. The van der Waals surface area contributed by atoms with Gasteiger partial charge in [0.15, 0.2) is 17.1 Å². The molecule has 166 valence electrons. The van der Waals surface area contributed by atoms with Crippen molar-refractivity contribution in [3.05, 3.63) is 76.1 Å². The fraction of sp³-hybridized carbons (Fsp3) is 0.320. The average Bonchev–Trinajstić information content (AvgIpc) is 3.41. The molecule has 0 aliphatic rings. The third-order valence-electron chi connectivity index (χ3n) is 5.26. The van der Waals surface area contributed by atoms with Crippen LogP contribution < -0.4 is 4.74 Å². The van der Waals surface area contributed by atoms with E-state index < -0.39 is 0 Å². The Morgan fingerprint density at radius 1 is 1.03 bits per heavy atom. The summed E-state index contributed by atoms with van der Waals surface area (Å²) in [5, 5.41) is 13.0. The van der Waals surface area contributed by atoms with Crippen LogP contribution in [0.3, 0.4) is 0 Å². The fourth-order valence-electron chi connectivity index (χ4n) is 3.52. The van der Waals surface area contributed by atoms with Crippen LogP contribution in [0.1, 0.15) is 48.2 Å². The molecule has 0 aliphatic heterocycles. The Kier molecular flexibility index (Phi) is 6.96. The predicted molar refractivity (Wildman–Crippen MR) is 133 cm³/mol. The Balaban J connectivity index is 1.44. The second-order valence-corrected chi connectivity index (χ2v) is 9.71. The van der Waals surface area contributed by atoms with Gasteiger partial charge in [0.1, 0.15) is 10.8 Å². The molecule has 0 N–H and O–H groups in total. The highest BCUT2D eigenvalue weighted by atomic mass is 32.2. The number of nitrogens with zero attached hydrogens (tertiary/aromatic N) is 4. The lowest BCUT2D eigenvalue weighted by Crippen LogP contribution is -2.12. The maximum absolute atomic E-state index is 6.22. The molecule has 0 radical (unpaired) electrons. The van der Waals surface area contributed by atoms with Crippen LogP contribution in [-0.2, 0) is 12.3 Å². The van der Waals surface area contributed by atoms with Gasteiger partial charge in [0, 0.05) is 23.2 Å². The fourth-order valence-corrected chi connectivity index (χ4v) is 5.35. The van der Waals surface area contributed by atoms with Crippen LogP contribution in [0.15, 0.2) is 53.0 Å². The first-order chi connectivity index (χ1) is 15.4.